The summed E-state index contributed by atoms with van der Waals surface area (Å²) in [6.45, 7) is 2.41. The second kappa shape index (κ2) is 7.75. The summed E-state index contributed by atoms with van der Waals surface area (Å²) >= 11 is 0. The molecule has 1 N–H and O–H groups in total. The average Bonchev–Trinajstić information content (AvgIpc) is 2.72. The fourth-order valence-electron chi connectivity index (χ4n) is 3.27. The van der Waals surface area contributed by atoms with Gasteiger partial charge in [-0.1, -0.05) is 24.3 Å². The minimum absolute atomic E-state index is 0.241. The van der Waals surface area contributed by atoms with Crippen LogP contribution < -0.4 is 15.4 Å². The molecule has 1 saturated heterocycles. The van der Waals surface area contributed by atoms with Crippen molar-refractivity contribution in [2.75, 3.05) is 36.0 Å². The predicted octanol–water partition coefficient (Wildman–Crippen LogP) is 2.36. The Hall–Kier alpha value is -3.29. The van der Waals surface area contributed by atoms with Gasteiger partial charge in [-0.2, -0.15) is 0 Å². The number of aromatic amines is 1. The zero-order valence-corrected chi connectivity index (χ0v) is 15.1. The molecular weight excluding hydrogens is 364 g/mol. The maximum absolute atomic E-state index is 13.9. The first-order valence-corrected chi connectivity index (χ1v) is 9.05. The Balaban J connectivity index is 1.43. The van der Waals surface area contributed by atoms with Crippen molar-refractivity contribution in [2.45, 2.75) is 6.42 Å². The van der Waals surface area contributed by atoms with Crippen LogP contribution in [0, 0.1) is 11.6 Å². The number of benzene rings is 2. The Morgan fingerprint density at radius 1 is 0.893 bits per heavy atom. The zero-order valence-electron chi connectivity index (χ0n) is 15.1. The van der Waals surface area contributed by atoms with Crippen molar-refractivity contribution in [3.8, 4) is 0 Å². The van der Waals surface area contributed by atoms with Gasteiger partial charge < -0.3 is 9.80 Å². The lowest BCUT2D eigenvalue weighted by Gasteiger charge is -2.36. The van der Waals surface area contributed by atoms with Gasteiger partial charge in [0.25, 0.3) is 5.56 Å². The van der Waals surface area contributed by atoms with E-state index < -0.39 is 0 Å². The topological polar surface area (TPSA) is 65.1 Å². The van der Waals surface area contributed by atoms with Gasteiger partial charge in [0.1, 0.15) is 17.3 Å². The third-order valence-electron chi connectivity index (χ3n) is 4.81. The van der Waals surface area contributed by atoms with Gasteiger partial charge in [0, 0.05) is 32.6 Å². The Labute approximate surface area is 160 Å². The molecule has 0 atom stereocenters. The summed E-state index contributed by atoms with van der Waals surface area (Å²) < 4.78 is 26.9. The van der Waals surface area contributed by atoms with Gasteiger partial charge in [-0.25, -0.2) is 8.78 Å². The number of anilines is 2. The van der Waals surface area contributed by atoms with Crippen LogP contribution in [0.2, 0.25) is 0 Å². The summed E-state index contributed by atoms with van der Waals surface area (Å²) in [5.41, 5.74) is 1.33. The van der Waals surface area contributed by atoms with E-state index in [-0.39, 0.29) is 29.3 Å². The third kappa shape index (κ3) is 3.85. The largest absolute Gasteiger partial charge is 0.366 e. The lowest BCUT2D eigenvalue weighted by atomic mass is 10.1. The zero-order chi connectivity index (χ0) is 19.5. The molecular formula is C20H19F2N5O. The molecule has 0 amide bonds. The molecule has 8 heteroatoms. The van der Waals surface area contributed by atoms with Crippen molar-refractivity contribution in [1.82, 2.24) is 15.2 Å². The van der Waals surface area contributed by atoms with Crippen LogP contribution in [0.4, 0.5) is 20.4 Å². The maximum Gasteiger partial charge on any atom is 0.274 e. The molecule has 0 aliphatic carbocycles. The Kier molecular flexibility index (Phi) is 5.01. The number of hydrogen-bond acceptors (Lipinski definition) is 5. The molecule has 1 aromatic heterocycles. The fraction of sp³-hybridized carbons (Fsp3) is 0.250. The molecule has 0 unspecified atom stereocenters. The highest BCUT2D eigenvalue weighted by Crippen LogP contribution is 2.21. The van der Waals surface area contributed by atoms with E-state index in [1.807, 2.05) is 15.9 Å². The molecule has 28 heavy (non-hydrogen) atoms. The fourth-order valence-corrected chi connectivity index (χ4v) is 3.27. The van der Waals surface area contributed by atoms with Crippen molar-refractivity contribution in [3.05, 3.63) is 81.8 Å². The lowest BCUT2D eigenvalue weighted by molar-refractivity contribution is 0.591. The number of rotatable bonds is 4. The highest BCUT2D eigenvalue weighted by molar-refractivity contribution is 5.49. The molecule has 2 aromatic carbocycles. The number of H-pyrrole nitrogens is 1. The lowest BCUT2D eigenvalue weighted by Crippen LogP contribution is -2.48. The summed E-state index contributed by atoms with van der Waals surface area (Å²) in [4.78, 5) is 19.0. The summed E-state index contributed by atoms with van der Waals surface area (Å²) in [6, 6.07) is 12.6. The van der Waals surface area contributed by atoms with E-state index in [2.05, 4.69) is 15.2 Å². The van der Waals surface area contributed by atoms with Gasteiger partial charge in [0.15, 0.2) is 0 Å². The van der Waals surface area contributed by atoms with Crippen LogP contribution in [-0.2, 0) is 6.42 Å². The molecule has 0 spiro atoms. The van der Waals surface area contributed by atoms with Crippen LogP contribution in [0.15, 0.2) is 53.3 Å². The van der Waals surface area contributed by atoms with Crippen LogP contribution >= 0.6 is 0 Å². The average molecular weight is 383 g/mol. The number of halogens is 2. The van der Waals surface area contributed by atoms with Crippen LogP contribution in [-0.4, -0.2) is 41.4 Å². The highest BCUT2D eigenvalue weighted by atomic mass is 19.1. The van der Waals surface area contributed by atoms with Gasteiger partial charge in [0.05, 0.1) is 5.69 Å². The first-order chi connectivity index (χ1) is 13.6. The van der Waals surface area contributed by atoms with Crippen LogP contribution in [0.5, 0.6) is 0 Å². The van der Waals surface area contributed by atoms with E-state index in [1.54, 1.807) is 24.3 Å². The Morgan fingerprint density at radius 3 is 2.25 bits per heavy atom. The number of piperazine rings is 1. The van der Waals surface area contributed by atoms with E-state index in [9.17, 15) is 13.6 Å². The van der Waals surface area contributed by atoms with Gasteiger partial charge in [-0.05, 0) is 29.8 Å². The predicted molar refractivity (Wildman–Crippen MR) is 103 cm³/mol. The Bertz CT molecular complexity index is 1010. The number of para-hydroxylation sites is 1. The second-order valence-corrected chi connectivity index (χ2v) is 6.65. The molecule has 0 radical (unpaired) electrons. The number of aromatic nitrogens is 3. The van der Waals surface area contributed by atoms with Crippen LogP contribution in [0.1, 0.15) is 11.3 Å². The van der Waals surface area contributed by atoms with Crippen molar-refractivity contribution in [1.29, 1.82) is 0 Å². The van der Waals surface area contributed by atoms with E-state index >= 15 is 0 Å². The Morgan fingerprint density at radius 2 is 1.57 bits per heavy atom. The SMILES string of the molecule is O=c1[nH]c(N2CCN(c3ccccc3F)CC2)nnc1Cc1ccc(F)cc1. The minimum Gasteiger partial charge on any atom is -0.366 e. The molecule has 1 fully saturated rings. The molecule has 6 nitrogen and oxygen atoms in total. The molecule has 3 aromatic rings. The van der Waals surface area contributed by atoms with Crippen molar-refractivity contribution >= 4 is 11.6 Å². The highest BCUT2D eigenvalue weighted by Gasteiger charge is 2.21. The van der Waals surface area contributed by atoms with Crippen molar-refractivity contribution in [2.24, 2.45) is 0 Å². The van der Waals surface area contributed by atoms with Crippen LogP contribution in [0.3, 0.4) is 0 Å². The number of hydrogen-bond donors (Lipinski definition) is 1. The summed E-state index contributed by atoms with van der Waals surface area (Å²) in [5.74, 6) is -0.163. The van der Waals surface area contributed by atoms with Crippen molar-refractivity contribution < 1.29 is 8.78 Å². The third-order valence-corrected chi connectivity index (χ3v) is 4.81. The molecule has 0 bridgehead atoms. The molecule has 1 aliphatic heterocycles. The number of nitrogens with one attached hydrogen (secondary N) is 1. The van der Waals surface area contributed by atoms with Crippen LogP contribution in [0.25, 0.3) is 0 Å². The smallest absolute Gasteiger partial charge is 0.274 e. The summed E-state index contributed by atoms with van der Waals surface area (Å²) in [6.07, 6.45) is 0.282. The molecule has 0 saturated carbocycles. The van der Waals surface area contributed by atoms with E-state index in [1.165, 1.54) is 18.2 Å². The monoisotopic (exact) mass is 383 g/mol. The summed E-state index contributed by atoms with van der Waals surface area (Å²) in [7, 11) is 0. The normalized spacial score (nSPS) is 14.4. The molecule has 144 valence electrons. The molecule has 2 heterocycles. The van der Waals surface area contributed by atoms with Gasteiger partial charge in [0.2, 0.25) is 5.95 Å². The first kappa shape index (κ1) is 18.1. The standard InChI is InChI=1S/C20H19F2N5O/c21-15-7-5-14(6-8-15)13-17-19(28)23-20(25-24-17)27-11-9-26(10-12-27)18-4-2-1-3-16(18)22/h1-8H,9-13H2,(H,23,25,28). The number of nitrogens with zero attached hydrogens (tertiary/aromatic N) is 4. The van der Waals surface area contributed by atoms with E-state index in [4.69, 9.17) is 0 Å². The maximum atomic E-state index is 13.9. The van der Waals surface area contributed by atoms with Gasteiger partial charge >= 0.3 is 0 Å². The van der Waals surface area contributed by atoms with E-state index in [0.717, 1.165) is 5.56 Å². The molecule has 1 aliphatic rings. The second-order valence-electron chi connectivity index (χ2n) is 6.65. The van der Waals surface area contributed by atoms with E-state index in [0.29, 0.717) is 37.8 Å². The quantitative estimate of drug-likeness (QED) is 0.749. The first-order valence-electron chi connectivity index (χ1n) is 9.05. The van der Waals surface area contributed by atoms with Crippen molar-refractivity contribution in [3.63, 3.8) is 0 Å². The van der Waals surface area contributed by atoms with Gasteiger partial charge in [-0.3, -0.25) is 9.78 Å². The van der Waals surface area contributed by atoms with Gasteiger partial charge in [-0.15, -0.1) is 10.2 Å². The summed E-state index contributed by atoms with van der Waals surface area (Å²) in [5, 5.41) is 8.21. The molecule has 4 rings (SSSR count). The minimum atomic E-state index is -0.325.